The number of hydrogen-bond donors (Lipinski definition) is 2. The molecule has 0 aliphatic heterocycles. The van der Waals surface area contributed by atoms with Gasteiger partial charge in [-0.15, -0.1) is 0 Å². The smallest absolute Gasteiger partial charge is 0.303 e. The fourth-order valence-electron chi connectivity index (χ4n) is 4.40. The van der Waals surface area contributed by atoms with E-state index in [1.807, 2.05) is 19.1 Å². The minimum absolute atomic E-state index is 0.0648. The molecule has 2 aromatic rings. The van der Waals surface area contributed by atoms with Gasteiger partial charge >= 0.3 is 5.97 Å². The Balaban J connectivity index is 1.67. The third-order valence-corrected chi connectivity index (χ3v) is 6.53. The second kappa shape index (κ2) is 8.35. The van der Waals surface area contributed by atoms with Crippen molar-refractivity contribution < 1.29 is 14.6 Å². The lowest BCUT2D eigenvalue weighted by molar-refractivity contribution is -0.137. The van der Waals surface area contributed by atoms with Gasteiger partial charge in [0.1, 0.15) is 5.75 Å². The summed E-state index contributed by atoms with van der Waals surface area (Å²) < 4.78 is 6.30. The van der Waals surface area contributed by atoms with Gasteiger partial charge in [-0.3, -0.25) is 4.79 Å². The van der Waals surface area contributed by atoms with Crippen molar-refractivity contribution >= 4 is 16.7 Å². The maximum absolute atomic E-state index is 10.9. The number of rotatable bonds is 6. The minimum Gasteiger partial charge on any atom is -0.490 e. The van der Waals surface area contributed by atoms with E-state index in [1.54, 1.807) is 0 Å². The SMILES string of the molecule is CC(N)(CCC(=O)O)c1ccc2cc(O[C@H]3CC[C@H](C(C)(C)C)CC3)ccc2c1. The summed E-state index contributed by atoms with van der Waals surface area (Å²) in [6, 6.07) is 12.3. The standard InChI is InChI=1S/C25H35NO3/c1-24(2,3)19-8-11-21(12-9-19)29-22-10-6-17-15-20(7-5-18(17)16-22)25(4,26)14-13-23(27)28/h5-7,10,15-16,19,21H,8-9,11-14,26H2,1-4H3,(H,27,28)/t19-,21-,25?. The lowest BCUT2D eigenvalue weighted by Gasteiger charge is -2.37. The Hall–Kier alpha value is -2.07. The first-order valence-corrected chi connectivity index (χ1v) is 10.8. The number of hydrogen-bond acceptors (Lipinski definition) is 3. The molecule has 3 rings (SSSR count). The molecule has 4 nitrogen and oxygen atoms in total. The van der Waals surface area contributed by atoms with E-state index >= 15 is 0 Å². The maximum Gasteiger partial charge on any atom is 0.303 e. The molecule has 29 heavy (non-hydrogen) atoms. The first kappa shape index (κ1) is 21.6. The molecule has 0 bridgehead atoms. The third kappa shape index (κ3) is 5.51. The number of carboxylic acid groups (broad SMARTS) is 1. The van der Waals surface area contributed by atoms with E-state index in [4.69, 9.17) is 15.6 Å². The van der Waals surface area contributed by atoms with E-state index in [9.17, 15) is 4.79 Å². The molecule has 0 heterocycles. The third-order valence-electron chi connectivity index (χ3n) is 6.53. The summed E-state index contributed by atoms with van der Waals surface area (Å²) >= 11 is 0. The van der Waals surface area contributed by atoms with Gasteiger partial charge in [0.05, 0.1) is 6.10 Å². The molecule has 1 aliphatic rings. The normalized spacial score (nSPS) is 22.2. The summed E-state index contributed by atoms with van der Waals surface area (Å²) in [6.45, 7) is 8.90. The monoisotopic (exact) mass is 397 g/mol. The molecule has 1 aliphatic carbocycles. The summed E-state index contributed by atoms with van der Waals surface area (Å²) in [5.41, 5.74) is 7.07. The topological polar surface area (TPSA) is 72.6 Å². The van der Waals surface area contributed by atoms with Crippen LogP contribution < -0.4 is 10.5 Å². The fourth-order valence-corrected chi connectivity index (χ4v) is 4.40. The van der Waals surface area contributed by atoms with Gasteiger partial charge in [0.15, 0.2) is 0 Å². The van der Waals surface area contributed by atoms with Crippen LogP contribution in [0.3, 0.4) is 0 Å². The van der Waals surface area contributed by atoms with E-state index in [2.05, 4.69) is 45.0 Å². The molecule has 0 saturated heterocycles. The van der Waals surface area contributed by atoms with E-state index in [1.165, 1.54) is 12.8 Å². The van der Waals surface area contributed by atoms with Crippen LogP contribution in [-0.4, -0.2) is 17.2 Å². The quantitative estimate of drug-likeness (QED) is 0.640. The van der Waals surface area contributed by atoms with Crippen molar-refractivity contribution in [3.8, 4) is 5.75 Å². The maximum atomic E-state index is 10.9. The van der Waals surface area contributed by atoms with E-state index in [-0.39, 0.29) is 6.42 Å². The van der Waals surface area contributed by atoms with Crippen LogP contribution >= 0.6 is 0 Å². The van der Waals surface area contributed by atoms with E-state index < -0.39 is 11.5 Å². The van der Waals surface area contributed by atoms with Crippen molar-refractivity contribution in [2.75, 3.05) is 0 Å². The van der Waals surface area contributed by atoms with Gasteiger partial charge in [-0.1, -0.05) is 39.0 Å². The zero-order valence-corrected chi connectivity index (χ0v) is 18.2. The highest BCUT2D eigenvalue weighted by molar-refractivity contribution is 5.84. The Bertz CT molecular complexity index is 858. The molecule has 1 atom stereocenters. The van der Waals surface area contributed by atoms with Crippen LogP contribution in [0.2, 0.25) is 0 Å². The second-order valence-corrected chi connectivity index (χ2v) is 9.99. The van der Waals surface area contributed by atoms with Crippen molar-refractivity contribution in [2.24, 2.45) is 17.1 Å². The number of aliphatic carboxylic acids is 1. The second-order valence-electron chi connectivity index (χ2n) is 9.99. The molecule has 1 saturated carbocycles. The van der Waals surface area contributed by atoms with Crippen molar-refractivity contribution in [3.63, 3.8) is 0 Å². The molecular weight excluding hydrogens is 362 g/mol. The van der Waals surface area contributed by atoms with Gasteiger partial charge in [-0.2, -0.15) is 0 Å². The highest BCUT2D eigenvalue weighted by Gasteiger charge is 2.30. The van der Waals surface area contributed by atoms with Crippen molar-refractivity contribution in [1.29, 1.82) is 0 Å². The zero-order valence-electron chi connectivity index (χ0n) is 18.2. The summed E-state index contributed by atoms with van der Waals surface area (Å²) in [5.74, 6) is 0.885. The van der Waals surface area contributed by atoms with Gasteiger partial charge in [-0.25, -0.2) is 0 Å². The number of benzene rings is 2. The molecule has 4 heteroatoms. The largest absolute Gasteiger partial charge is 0.490 e. The molecule has 0 aromatic heterocycles. The average Bonchev–Trinajstić information content (AvgIpc) is 2.66. The van der Waals surface area contributed by atoms with Crippen molar-refractivity contribution in [3.05, 3.63) is 42.0 Å². The molecule has 1 unspecified atom stereocenters. The summed E-state index contributed by atoms with van der Waals surface area (Å²) in [6.07, 6.45) is 5.48. The lowest BCUT2D eigenvalue weighted by atomic mass is 9.72. The van der Waals surface area contributed by atoms with E-state index in [0.29, 0.717) is 17.9 Å². The van der Waals surface area contributed by atoms with Gasteiger partial charge in [0, 0.05) is 12.0 Å². The number of carbonyl (C=O) groups is 1. The number of fused-ring (bicyclic) bond motifs is 1. The lowest BCUT2D eigenvalue weighted by Crippen LogP contribution is -2.33. The van der Waals surface area contributed by atoms with Crippen molar-refractivity contribution in [2.45, 2.75) is 77.9 Å². The minimum atomic E-state index is -0.819. The Kier molecular flexibility index (Phi) is 6.23. The first-order valence-electron chi connectivity index (χ1n) is 10.8. The van der Waals surface area contributed by atoms with E-state index in [0.717, 1.165) is 40.8 Å². The molecule has 3 N–H and O–H groups in total. The highest BCUT2D eigenvalue weighted by Crippen LogP contribution is 2.39. The zero-order chi connectivity index (χ0) is 21.2. The van der Waals surface area contributed by atoms with Crippen LogP contribution in [0.1, 0.15) is 71.8 Å². The Morgan fingerprint density at radius 2 is 1.66 bits per heavy atom. The molecule has 1 fully saturated rings. The Morgan fingerprint density at radius 3 is 2.28 bits per heavy atom. The summed E-state index contributed by atoms with van der Waals surface area (Å²) in [5, 5.41) is 11.2. The number of carboxylic acids is 1. The van der Waals surface area contributed by atoms with Crippen LogP contribution in [0.5, 0.6) is 5.75 Å². The predicted octanol–water partition coefficient (Wildman–Crippen LogP) is 5.86. The number of nitrogens with two attached hydrogens (primary N) is 1. The first-order chi connectivity index (χ1) is 13.5. The van der Waals surface area contributed by atoms with Gasteiger partial charge in [0.2, 0.25) is 0 Å². The Labute approximate surface area is 174 Å². The molecule has 158 valence electrons. The predicted molar refractivity (Wildman–Crippen MR) is 118 cm³/mol. The summed E-state index contributed by atoms with van der Waals surface area (Å²) in [4.78, 5) is 10.9. The summed E-state index contributed by atoms with van der Waals surface area (Å²) in [7, 11) is 0. The highest BCUT2D eigenvalue weighted by atomic mass is 16.5. The molecule has 0 spiro atoms. The van der Waals surface area contributed by atoms with Crippen LogP contribution in [0.4, 0.5) is 0 Å². The van der Waals surface area contributed by atoms with Crippen LogP contribution in [-0.2, 0) is 10.3 Å². The van der Waals surface area contributed by atoms with Gasteiger partial charge in [-0.05, 0) is 84.9 Å². The number of ether oxygens (including phenoxy) is 1. The van der Waals surface area contributed by atoms with Gasteiger partial charge in [0.25, 0.3) is 0 Å². The van der Waals surface area contributed by atoms with Crippen LogP contribution in [0, 0.1) is 11.3 Å². The average molecular weight is 398 g/mol. The van der Waals surface area contributed by atoms with Crippen LogP contribution in [0.25, 0.3) is 10.8 Å². The van der Waals surface area contributed by atoms with Crippen molar-refractivity contribution in [1.82, 2.24) is 0 Å². The molecular formula is C25H35NO3. The molecule has 0 amide bonds. The van der Waals surface area contributed by atoms with Crippen LogP contribution in [0.15, 0.2) is 36.4 Å². The molecule has 2 aromatic carbocycles. The fraction of sp³-hybridized carbons (Fsp3) is 0.560. The van der Waals surface area contributed by atoms with Gasteiger partial charge < -0.3 is 15.6 Å². The Morgan fingerprint density at radius 1 is 1.03 bits per heavy atom. The molecule has 0 radical (unpaired) electrons.